The van der Waals surface area contributed by atoms with Crippen molar-refractivity contribution in [2.45, 2.75) is 25.7 Å². The van der Waals surface area contributed by atoms with Crippen LogP contribution < -0.4 is 5.32 Å². The number of aromatic hydroxyl groups is 1. The summed E-state index contributed by atoms with van der Waals surface area (Å²) in [6.45, 7) is 0. The van der Waals surface area contributed by atoms with Gasteiger partial charge in [0.05, 0.1) is 0 Å². The summed E-state index contributed by atoms with van der Waals surface area (Å²) in [6, 6.07) is 6.49. The largest absolute Gasteiger partial charge is 0.508 e. The SMILES string of the molecule is C#CCCCCC(=O)Nc1cccc(O)c1. The second-order valence-electron chi connectivity index (χ2n) is 3.51. The molecule has 1 aromatic rings. The van der Waals surface area contributed by atoms with Crippen LogP contribution in [0.15, 0.2) is 24.3 Å². The molecule has 0 bridgehead atoms. The van der Waals surface area contributed by atoms with Crippen LogP contribution in [0.5, 0.6) is 5.75 Å². The van der Waals surface area contributed by atoms with E-state index in [-0.39, 0.29) is 11.7 Å². The van der Waals surface area contributed by atoms with Gasteiger partial charge in [-0.1, -0.05) is 6.07 Å². The summed E-state index contributed by atoms with van der Waals surface area (Å²) in [5.74, 6) is 2.62. The molecule has 1 rings (SSSR count). The molecule has 3 heteroatoms. The number of hydrogen-bond acceptors (Lipinski definition) is 2. The van der Waals surface area contributed by atoms with Gasteiger partial charge in [-0.2, -0.15) is 0 Å². The van der Waals surface area contributed by atoms with Gasteiger partial charge in [0.2, 0.25) is 5.91 Å². The average molecular weight is 217 g/mol. The Balaban J connectivity index is 2.32. The van der Waals surface area contributed by atoms with E-state index in [2.05, 4.69) is 11.2 Å². The number of amides is 1. The number of hydrogen-bond donors (Lipinski definition) is 2. The highest BCUT2D eigenvalue weighted by Crippen LogP contribution is 2.15. The Morgan fingerprint density at radius 1 is 1.44 bits per heavy atom. The molecule has 0 aliphatic heterocycles. The lowest BCUT2D eigenvalue weighted by Gasteiger charge is -2.04. The third-order valence-electron chi connectivity index (χ3n) is 2.10. The van der Waals surface area contributed by atoms with E-state index >= 15 is 0 Å². The highest BCUT2D eigenvalue weighted by atomic mass is 16.3. The average Bonchev–Trinajstić information content (AvgIpc) is 2.24. The van der Waals surface area contributed by atoms with Gasteiger partial charge in [0.1, 0.15) is 5.75 Å². The summed E-state index contributed by atoms with van der Waals surface area (Å²) in [6.07, 6.45) is 7.92. The molecule has 0 heterocycles. The second kappa shape index (κ2) is 6.52. The fourth-order valence-corrected chi connectivity index (χ4v) is 1.32. The highest BCUT2D eigenvalue weighted by Gasteiger charge is 2.02. The number of phenols is 1. The van der Waals surface area contributed by atoms with Crippen molar-refractivity contribution in [3.8, 4) is 18.1 Å². The van der Waals surface area contributed by atoms with Crippen molar-refractivity contribution in [3.05, 3.63) is 24.3 Å². The van der Waals surface area contributed by atoms with E-state index < -0.39 is 0 Å². The summed E-state index contributed by atoms with van der Waals surface area (Å²) < 4.78 is 0. The first-order valence-corrected chi connectivity index (χ1v) is 5.24. The van der Waals surface area contributed by atoms with Crippen LogP contribution in [0.25, 0.3) is 0 Å². The first-order valence-electron chi connectivity index (χ1n) is 5.24. The molecule has 3 nitrogen and oxygen atoms in total. The molecule has 16 heavy (non-hydrogen) atoms. The molecule has 0 aliphatic carbocycles. The van der Waals surface area contributed by atoms with E-state index in [1.807, 2.05) is 0 Å². The van der Waals surface area contributed by atoms with Gasteiger partial charge in [-0.15, -0.1) is 12.3 Å². The molecule has 2 N–H and O–H groups in total. The number of nitrogens with one attached hydrogen (secondary N) is 1. The molecule has 0 spiro atoms. The Hall–Kier alpha value is -1.95. The zero-order chi connectivity index (χ0) is 11.8. The van der Waals surface area contributed by atoms with Crippen LogP contribution >= 0.6 is 0 Å². The van der Waals surface area contributed by atoms with Crippen LogP contribution in [-0.4, -0.2) is 11.0 Å². The zero-order valence-corrected chi connectivity index (χ0v) is 9.07. The van der Waals surface area contributed by atoms with Crippen LogP contribution in [0, 0.1) is 12.3 Å². The Labute approximate surface area is 95.5 Å². The summed E-state index contributed by atoms with van der Waals surface area (Å²) in [7, 11) is 0. The van der Waals surface area contributed by atoms with Crippen LogP contribution in [0.1, 0.15) is 25.7 Å². The van der Waals surface area contributed by atoms with E-state index in [1.54, 1.807) is 18.2 Å². The number of unbranched alkanes of at least 4 members (excludes halogenated alkanes) is 2. The fraction of sp³-hybridized carbons (Fsp3) is 0.308. The van der Waals surface area contributed by atoms with Crippen molar-refractivity contribution in [2.75, 3.05) is 5.32 Å². The van der Waals surface area contributed by atoms with Crippen molar-refractivity contribution >= 4 is 11.6 Å². The third kappa shape index (κ3) is 4.52. The lowest BCUT2D eigenvalue weighted by molar-refractivity contribution is -0.116. The Morgan fingerprint density at radius 3 is 2.94 bits per heavy atom. The first kappa shape index (κ1) is 12.1. The molecular formula is C13H15NO2. The summed E-state index contributed by atoms with van der Waals surface area (Å²) in [4.78, 5) is 11.4. The van der Waals surface area contributed by atoms with Crippen LogP contribution in [-0.2, 0) is 4.79 Å². The van der Waals surface area contributed by atoms with Crippen LogP contribution in [0.2, 0.25) is 0 Å². The van der Waals surface area contributed by atoms with E-state index in [1.165, 1.54) is 6.07 Å². The minimum absolute atomic E-state index is 0.0531. The summed E-state index contributed by atoms with van der Waals surface area (Å²) >= 11 is 0. The van der Waals surface area contributed by atoms with Gasteiger partial charge in [0.25, 0.3) is 0 Å². The monoisotopic (exact) mass is 217 g/mol. The molecule has 1 amide bonds. The minimum atomic E-state index is -0.0531. The number of anilines is 1. The maximum absolute atomic E-state index is 11.4. The van der Waals surface area contributed by atoms with Gasteiger partial charge >= 0.3 is 0 Å². The van der Waals surface area contributed by atoms with E-state index in [9.17, 15) is 9.90 Å². The molecule has 0 saturated carbocycles. The van der Waals surface area contributed by atoms with Crippen molar-refractivity contribution in [1.29, 1.82) is 0 Å². The quantitative estimate of drug-likeness (QED) is 0.588. The Kier molecular flexibility index (Phi) is 4.94. The second-order valence-corrected chi connectivity index (χ2v) is 3.51. The Bertz CT molecular complexity index is 393. The van der Waals surface area contributed by atoms with E-state index in [4.69, 9.17) is 6.42 Å². The van der Waals surface area contributed by atoms with Gasteiger partial charge in [0.15, 0.2) is 0 Å². The molecule has 1 aromatic carbocycles. The molecule has 0 atom stereocenters. The maximum Gasteiger partial charge on any atom is 0.224 e. The standard InChI is InChI=1S/C13H15NO2/c1-2-3-4-5-9-13(16)14-11-7-6-8-12(15)10-11/h1,6-8,10,15H,3-5,9H2,(H,14,16). The number of phenolic OH excluding ortho intramolecular Hbond substituents is 1. The predicted molar refractivity (Wildman–Crippen MR) is 64.0 cm³/mol. The third-order valence-corrected chi connectivity index (χ3v) is 2.10. The normalized spacial score (nSPS) is 9.44. The van der Waals surface area contributed by atoms with Gasteiger partial charge in [-0.05, 0) is 25.0 Å². The molecule has 0 unspecified atom stereocenters. The smallest absolute Gasteiger partial charge is 0.224 e. The molecule has 84 valence electrons. The maximum atomic E-state index is 11.4. The van der Waals surface area contributed by atoms with E-state index in [0.29, 0.717) is 18.5 Å². The molecular weight excluding hydrogens is 202 g/mol. The minimum Gasteiger partial charge on any atom is -0.508 e. The van der Waals surface area contributed by atoms with Gasteiger partial charge in [-0.3, -0.25) is 4.79 Å². The van der Waals surface area contributed by atoms with Crippen molar-refractivity contribution in [1.82, 2.24) is 0 Å². The predicted octanol–water partition coefficient (Wildman–Crippen LogP) is 2.52. The fourth-order valence-electron chi connectivity index (χ4n) is 1.32. The molecule has 0 fully saturated rings. The zero-order valence-electron chi connectivity index (χ0n) is 9.07. The number of benzene rings is 1. The topological polar surface area (TPSA) is 49.3 Å². The summed E-state index contributed by atoms with van der Waals surface area (Å²) in [5.41, 5.74) is 0.613. The van der Waals surface area contributed by atoms with Gasteiger partial charge in [0, 0.05) is 24.6 Å². The molecule has 0 saturated heterocycles. The number of carbonyl (C=O) groups excluding carboxylic acids is 1. The molecule has 0 aliphatic rings. The highest BCUT2D eigenvalue weighted by molar-refractivity contribution is 5.90. The van der Waals surface area contributed by atoms with E-state index in [0.717, 1.165) is 12.8 Å². The van der Waals surface area contributed by atoms with Crippen molar-refractivity contribution in [2.24, 2.45) is 0 Å². The van der Waals surface area contributed by atoms with Crippen LogP contribution in [0.4, 0.5) is 5.69 Å². The number of carbonyl (C=O) groups is 1. The Morgan fingerprint density at radius 2 is 2.25 bits per heavy atom. The summed E-state index contributed by atoms with van der Waals surface area (Å²) in [5, 5.41) is 11.9. The molecule has 0 radical (unpaired) electrons. The molecule has 0 aromatic heterocycles. The first-order chi connectivity index (χ1) is 7.72. The lowest BCUT2D eigenvalue weighted by atomic mass is 10.2. The van der Waals surface area contributed by atoms with Gasteiger partial charge < -0.3 is 10.4 Å². The lowest BCUT2D eigenvalue weighted by Crippen LogP contribution is -2.10. The van der Waals surface area contributed by atoms with Crippen molar-refractivity contribution in [3.63, 3.8) is 0 Å². The van der Waals surface area contributed by atoms with Crippen molar-refractivity contribution < 1.29 is 9.90 Å². The van der Waals surface area contributed by atoms with Crippen LogP contribution in [0.3, 0.4) is 0 Å². The number of rotatable bonds is 5. The van der Waals surface area contributed by atoms with Gasteiger partial charge in [-0.25, -0.2) is 0 Å². The number of terminal acetylenes is 1.